The number of aromatic nitrogens is 3. The van der Waals surface area contributed by atoms with Crippen LogP contribution < -0.4 is 10.1 Å². The summed E-state index contributed by atoms with van der Waals surface area (Å²) < 4.78 is 30.8. The van der Waals surface area contributed by atoms with E-state index in [4.69, 9.17) is 0 Å². The molecule has 0 spiro atoms. The summed E-state index contributed by atoms with van der Waals surface area (Å²) in [5, 5.41) is 11.8. The van der Waals surface area contributed by atoms with E-state index in [9.17, 15) is 13.6 Å². The number of nitrogens with one attached hydrogen (secondary N) is 1. The van der Waals surface area contributed by atoms with Crippen molar-refractivity contribution in [3.8, 4) is 17.1 Å². The molecule has 1 aromatic heterocycles. The molecule has 0 saturated heterocycles. The van der Waals surface area contributed by atoms with Crippen LogP contribution in [0, 0.1) is 6.92 Å². The summed E-state index contributed by atoms with van der Waals surface area (Å²) in [6.45, 7) is 3.25. The molecule has 3 rings (SSSR count). The van der Waals surface area contributed by atoms with E-state index in [1.807, 2.05) is 31.2 Å². The van der Waals surface area contributed by atoms with E-state index in [-0.39, 0.29) is 17.4 Å². The van der Waals surface area contributed by atoms with Crippen molar-refractivity contribution in [3.05, 3.63) is 66.7 Å². The molecule has 30 heavy (non-hydrogen) atoms. The number of ether oxygens (including phenoxy) is 1. The zero-order valence-corrected chi connectivity index (χ0v) is 17.0. The molecule has 0 aliphatic heterocycles. The number of hydrogen-bond donors (Lipinski definition) is 1. The Bertz CT molecular complexity index is 1020. The topological polar surface area (TPSA) is 69.0 Å². The summed E-state index contributed by atoms with van der Waals surface area (Å²) in [6, 6.07) is 13.7. The smallest absolute Gasteiger partial charge is 0.387 e. The van der Waals surface area contributed by atoms with Crippen LogP contribution >= 0.6 is 11.8 Å². The number of nitrogens with zero attached hydrogens (tertiary/aromatic N) is 3. The lowest BCUT2D eigenvalue weighted by Gasteiger charge is -2.09. The van der Waals surface area contributed by atoms with Crippen LogP contribution in [0.5, 0.6) is 5.75 Å². The predicted molar refractivity (Wildman–Crippen MR) is 113 cm³/mol. The molecule has 3 aromatic rings. The van der Waals surface area contributed by atoms with Gasteiger partial charge in [-0.25, -0.2) is 0 Å². The van der Waals surface area contributed by atoms with Crippen LogP contribution in [0.25, 0.3) is 11.4 Å². The number of anilines is 1. The highest BCUT2D eigenvalue weighted by atomic mass is 32.2. The summed E-state index contributed by atoms with van der Waals surface area (Å²) >= 11 is 1.25. The minimum atomic E-state index is -2.88. The van der Waals surface area contributed by atoms with Crippen LogP contribution in [0.15, 0.2) is 66.3 Å². The Balaban J connectivity index is 1.70. The molecule has 156 valence electrons. The second kappa shape index (κ2) is 10.0. The van der Waals surface area contributed by atoms with Gasteiger partial charge in [-0.05, 0) is 48.9 Å². The quantitative estimate of drug-likeness (QED) is 0.391. The number of rotatable bonds is 9. The largest absolute Gasteiger partial charge is 0.435 e. The summed E-state index contributed by atoms with van der Waals surface area (Å²) in [6.07, 6.45) is 1.69. The molecule has 0 fully saturated rings. The average molecular weight is 430 g/mol. The molecule has 1 N–H and O–H groups in total. The maximum atomic E-state index is 12.3. The van der Waals surface area contributed by atoms with Crippen LogP contribution in [-0.2, 0) is 11.3 Å². The predicted octanol–water partition coefficient (Wildman–Crippen LogP) is 4.77. The van der Waals surface area contributed by atoms with Gasteiger partial charge in [0.1, 0.15) is 5.75 Å². The van der Waals surface area contributed by atoms with Gasteiger partial charge < -0.3 is 10.1 Å². The first-order valence-corrected chi connectivity index (χ1v) is 10.0. The lowest BCUT2D eigenvalue weighted by molar-refractivity contribution is -0.113. The first kappa shape index (κ1) is 21.5. The van der Waals surface area contributed by atoms with E-state index >= 15 is 0 Å². The summed E-state index contributed by atoms with van der Waals surface area (Å²) in [7, 11) is 0. The fourth-order valence-electron chi connectivity index (χ4n) is 2.74. The van der Waals surface area contributed by atoms with Gasteiger partial charge in [-0.15, -0.1) is 16.8 Å². The van der Waals surface area contributed by atoms with Gasteiger partial charge in [-0.1, -0.05) is 30.0 Å². The van der Waals surface area contributed by atoms with Gasteiger partial charge in [0.25, 0.3) is 0 Å². The van der Waals surface area contributed by atoms with E-state index in [1.54, 1.807) is 22.8 Å². The minimum Gasteiger partial charge on any atom is -0.435 e. The van der Waals surface area contributed by atoms with Crippen LogP contribution in [0.4, 0.5) is 14.5 Å². The van der Waals surface area contributed by atoms with Crippen LogP contribution in [0.2, 0.25) is 0 Å². The molecule has 2 aromatic carbocycles. The van der Waals surface area contributed by atoms with Crippen molar-refractivity contribution in [2.45, 2.75) is 25.2 Å². The highest BCUT2D eigenvalue weighted by Gasteiger charge is 2.15. The van der Waals surface area contributed by atoms with Crippen molar-refractivity contribution < 1.29 is 18.3 Å². The molecule has 1 heterocycles. The Morgan fingerprint density at radius 3 is 2.70 bits per heavy atom. The summed E-state index contributed by atoms with van der Waals surface area (Å²) in [5.41, 5.74) is 2.47. The van der Waals surface area contributed by atoms with Gasteiger partial charge in [0.15, 0.2) is 11.0 Å². The third-order valence-corrected chi connectivity index (χ3v) is 4.97. The Morgan fingerprint density at radius 2 is 2.03 bits per heavy atom. The molecule has 0 aliphatic carbocycles. The number of benzene rings is 2. The first-order chi connectivity index (χ1) is 14.5. The maximum absolute atomic E-state index is 12.3. The normalized spacial score (nSPS) is 10.8. The zero-order chi connectivity index (χ0) is 21.5. The summed E-state index contributed by atoms with van der Waals surface area (Å²) in [5.74, 6) is 0.601. The number of carbonyl (C=O) groups is 1. The summed E-state index contributed by atoms with van der Waals surface area (Å²) in [4.78, 5) is 12.3. The second-order valence-electron chi connectivity index (χ2n) is 6.31. The number of carbonyl (C=O) groups excluding carboxylic acids is 1. The lowest BCUT2D eigenvalue weighted by Crippen LogP contribution is -2.14. The number of allylic oxidation sites excluding steroid dienone is 1. The molecule has 0 atom stereocenters. The van der Waals surface area contributed by atoms with E-state index in [0.29, 0.717) is 23.1 Å². The van der Waals surface area contributed by atoms with Crippen molar-refractivity contribution in [2.24, 2.45) is 0 Å². The van der Waals surface area contributed by atoms with E-state index < -0.39 is 6.61 Å². The molecule has 6 nitrogen and oxygen atoms in total. The number of hydrogen-bond acceptors (Lipinski definition) is 5. The van der Waals surface area contributed by atoms with Crippen LogP contribution in [0.1, 0.15) is 5.56 Å². The molecule has 0 bridgehead atoms. The van der Waals surface area contributed by atoms with E-state index in [1.165, 1.54) is 23.9 Å². The molecule has 9 heteroatoms. The molecule has 1 amide bonds. The van der Waals surface area contributed by atoms with Crippen molar-refractivity contribution in [3.63, 3.8) is 0 Å². The van der Waals surface area contributed by atoms with E-state index in [2.05, 4.69) is 26.8 Å². The number of aryl methyl sites for hydroxylation is 1. The Kier molecular flexibility index (Phi) is 7.18. The van der Waals surface area contributed by atoms with Gasteiger partial charge in [-0.2, -0.15) is 8.78 Å². The molecule has 0 radical (unpaired) electrons. The van der Waals surface area contributed by atoms with Gasteiger partial charge >= 0.3 is 6.61 Å². The SMILES string of the molecule is C=CCn1c(SCC(=O)Nc2cccc(C)c2)nnc1-c1ccc(OC(F)F)cc1. The number of thioether (sulfide) groups is 1. The van der Waals surface area contributed by atoms with Crippen molar-refractivity contribution in [2.75, 3.05) is 11.1 Å². The van der Waals surface area contributed by atoms with Crippen LogP contribution in [0.3, 0.4) is 0 Å². The van der Waals surface area contributed by atoms with Crippen molar-refractivity contribution in [1.29, 1.82) is 0 Å². The van der Waals surface area contributed by atoms with E-state index in [0.717, 1.165) is 11.3 Å². The molecular weight excluding hydrogens is 410 g/mol. The Hall–Kier alpha value is -3.20. The van der Waals surface area contributed by atoms with Gasteiger partial charge in [0.05, 0.1) is 5.75 Å². The Morgan fingerprint density at radius 1 is 1.27 bits per heavy atom. The average Bonchev–Trinajstić information content (AvgIpc) is 3.09. The van der Waals surface area contributed by atoms with Crippen molar-refractivity contribution in [1.82, 2.24) is 14.8 Å². The molecule has 0 aliphatic rings. The fraction of sp³-hybridized carbons (Fsp3) is 0.190. The first-order valence-electron chi connectivity index (χ1n) is 9.05. The number of alkyl halides is 2. The van der Waals surface area contributed by atoms with Crippen molar-refractivity contribution >= 4 is 23.4 Å². The minimum absolute atomic E-state index is 0.0611. The third-order valence-electron chi connectivity index (χ3n) is 4.00. The fourth-order valence-corrected chi connectivity index (χ4v) is 3.49. The number of amides is 1. The third kappa shape index (κ3) is 5.66. The lowest BCUT2D eigenvalue weighted by atomic mass is 10.2. The monoisotopic (exact) mass is 430 g/mol. The molecular formula is C21H20F2N4O2S. The number of halogens is 2. The highest BCUT2D eigenvalue weighted by molar-refractivity contribution is 7.99. The van der Waals surface area contributed by atoms with Gasteiger partial charge in [0.2, 0.25) is 5.91 Å². The highest BCUT2D eigenvalue weighted by Crippen LogP contribution is 2.26. The maximum Gasteiger partial charge on any atom is 0.387 e. The molecule has 0 unspecified atom stereocenters. The van der Waals surface area contributed by atoms with Gasteiger partial charge in [-0.3, -0.25) is 9.36 Å². The Labute approximate surface area is 177 Å². The van der Waals surface area contributed by atoms with Crippen LogP contribution in [-0.4, -0.2) is 33.0 Å². The standard InChI is InChI=1S/C21H20F2N4O2S/c1-3-11-27-19(15-7-9-17(10-8-15)29-20(22)23)25-26-21(27)30-13-18(28)24-16-6-4-5-14(2)12-16/h3-10,12,20H,1,11,13H2,2H3,(H,24,28). The van der Waals surface area contributed by atoms with Gasteiger partial charge in [0, 0.05) is 17.8 Å². The molecule has 0 saturated carbocycles. The zero-order valence-electron chi connectivity index (χ0n) is 16.2. The second-order valence-corrected chi connectivity index (χ2v) is 7.26.